The Kier molecular flexibility index (Phi) is 3.80. The van der Waals surface area contributed by atoms with Crippen molar-refractivity contribution in [3.8, 4) is 0 Å². The van der Waals surface area contributed by atoms with Gasteiger partial charge < -0.3 is 16.5 Å². The standard InChI is InChI=1S/C15H18N4/c1-3-12(16)14-13(17)8-9-18-15(14)19-11-6-4-10(2)5-7-11/h4-9,16H,3H2,1-2H3,(H3,17,18,19). The number of aryl methyl sites for hydroxylation is 1. The summed E-state index contributed by atoms with van der Waals surface area (Å²) < 4.78 is 0. The quantitative estimate of drug-likeness (QED) is 0.731. The highest BCUT2D eigenvalue weighted by molar-refractivity contribution is 6.06. The molecule has 0 atom stereocenters. The van der Waals surface area contributed by atoms with E-state index in [2.05, 4.69) is 10.3 Å². The number of nitrogens with one attached hydrogen (secondary N) is 2. The molecule has 0 fully saturated rings. The number of nitrogens with zero attached hydrogens (tertiary/aromatic N) is 1. The summed E-state index contributed by atoms with van der Waals surface area (Å²) in [4.78, 5) is 4.29. The summed E-state index contributed by atoms with van der Waals surface area (Å²) in [5.74, 6) is 0.635. The van der Waals surface area contributed by atoms with Crippen molar-refractivity contribution in [3.63, 3.8) is 0 Å². The Hall–Kier alpha value is -2.36. The molecule has 0 aliphatic rings. The van der Waals surface area contributed by atoms with Gasteiger partial charge in [-0.2, -0.15) is 0 Å². The van der Waals surface area contributed by atoms with Gasteiger partial charge in [-0.25, -0.2) is 4.98 Å². The first-order valence-corrected chi connectivity index (χ1v) is 6.27. The first-order valence-electron chi connectivity index (χ1n) is 6.27. The molecule has 0 amide bonds. The predicted molar refractivity (Wildman–Crippen MR) is 80.2 cm³/mol. The molecule has 4 heteroatoms. The van der Waals surface area contributed by atoms with Crippen LogP contribution in [-0.2, 0) is 0 Å². The minimum atomic E-state index is 0.486. The lowest BCUT2D eigenvalue weighted by Crippen LogP contribution is -2.08. The van der Waals surface area contributed by atoms with Crippen molar-refractivity contribution in [1.82, 2.24) is 4.98 Å². The Morgan fingerprint density at radius 1 is 1.26 bits per heavy atom. The van der Waals surface area contributed by atoms with Gasteiger partial charge >= 0.3 is 0 Å². The topological polar surface area (TPSA) is 74.8 Å². The van der Waals surface area contributed by atoms with Crippen LogP contribution in [-0.4, -0.2) is 10.7 Å². The van der Waals surface area contributed by atoms with E-state index in [1.807, 2.05) is 38.1 Å². The van der Waals surface area contributed by atoms with Crippen molar-refractivity contribution < 1.29 is 0 Å². The number of hydrogen-bond acceptors (Lipinski definition) is 4. The van der Waals surface area contributed by atoms with Gasteiger partial charge in [-0.15, -0.1) is 0 Å². The summed E-state index contributed by atoms with van der Waals surface area (Å²) in [6, 6.07) is 9.75. The van der Waals surface area contributed by atoms with Gasteiger partial charge in [0.15, 0.2) is 0 Å². The summed E-state index contributed by atoms with van der Waals surface area (Å²) in [6.45, 7) is 3.98. The maximum atomic E-state index is 8.00. The molecule has 1 aromatic carbocycles. The summed E-state index contributed by atoms with van der Waals surface area (Å²) in [6.07, 6.45) is 2.27. The Morgan fingerprint density at radius 3 is 2.58 bits per heavy atom. The smallest absolute Gasteiger partial charge is 0.141 e. The average molecular weight is 254 g/mol. The lowest BCUT2D eigenvalue weighted by atomic mass is 10.1. The molecule has 0 radical (unpaired) electrons. The summed E-state index contributed by atoms with van der Waals surface area (Å²) in [7, 11) is 0. The van der Waals surface area contributed by atoms with Gasteiger partial charge in [0.05, 0.1) is 5.56 Å². The number of nitrogens with two attached hydrogens (primary N) is 1. The lowest BCUT2D eigenvalue weighted by Gasteiger charge is -2.13. The molecule has 4 nitrogen and oxygen atoms in total. The Morgan fingerprint density at radius 2 is 1.95 bits per heavy atom. The first kappa shape index (κ1) is 13.1. The Balaban J connectivity index is 2.37. The van der Waals surface area contributed by atoms with Crippen LogP contribution in [0, 0.1) is 12.3 Å². The third kappa shape index (κ3) is 2.91. The van der Waals surface area contributed by atoms with Gasteiger partial charge in [-0.1, -0.05) is 24.6 Å². The van der Waals surface area contributed by atoms with Crippen LogP contribution < -0.4 is 11.1 Å². The molecule has 0 aliphatic heterocycles. The van der Waals surface area contributed by atoms with Crippen molar-refractivity contribution >= 4 is 22.9 Å². The van der Waals surface area contributed by atoms with Gasteiger partial charge in [0.25, 0.3) is 0 Å². The highest BCUT2D eigenvalue weighted by Crippen LogP contribution is 2.24. The maximum absolute atomic E-state index is 8.00. The van der Waals surface area contributed by atoms with Gasteiger partial charge in [-0.3, -0.25) is 0 Å². The third-order valence-corrected chi connectivity index (χ3v) is 2.95. The fourth-order valence-corrected chi connectivity index (χ4v) is 1.84. The van der Waals surface area contributed by atoms with E-state index in [0.717, 1.165) is 5.69 Å². The zero-order valence-electron chi connectivity index (χ0n) is 11.2. The monoisotopic (exact) mass is 254 g/mol. The largest absolute Gasteiger partial charge is 0.398 e. The van der Waals surface area contributed by atoms with Crippen molar-refractivity contribution in [3.05, 3.63) is 47.7 Å². The summed E-state index contributed by atoms with van der Waals surface area (Å²) >= 11 is 0. The van der Waals surface area contributed by atoms with E-state index in [4.69, 9.17) is 11.1 Å². The fourth-order valence-electron chi connectivity index (χ4n) is 1.84. The molecule has 4 N–H and O–H groups in total. The number of pyridine rings is 1. The second-order valence-corrected chi connectivity index (χ2v) is 4.45. The van der Waals surface area contributed by atoms with Gasteiger partial charge in [0, 0.05) is 23.3 Å². The molecular weight excluding hydrogens is 236 g/mol. The van der Waals surface area contributed by atoms with E-state index in [0.29, 0.717) is 29.2 Å². The third-order valence-electron chi connectivity index (χ3n) is 2.95. The molecule has 0 bridgehead atoms. The number of nitrogen functional groups attached to an aromatic ring is 1. The maximum Gasteiger partial charge on any atom is 0.141 e. The van der Waals surface area contributed by atoms with Crippen LogP contribution in [0.5, 0.6) is 0 Å². The van der Waals surface area contributed by atoms with Crippen LogP contribution in [0.3, 0.4) is 0 Å². The molecule has 0 saturated carbocycles. The highest BCUT2D eigenvalue weighted by Gasteiger charge is 2.11. The molecular formula is C15H18N4. The average Bonchev–Trinajstić information content (AvgIpc) is 2.41. The highest BCUT2D eigenvalue weighted by atomic mass is 15.0. The Bertz CT molecular complexity index is 588. The molecule has 98 valence electrons. The molecule has 2 aromatic rings. The van der Waals surface area contributed by atoms with E-state index in [1.54, 1.807) is 12.3 Å². The number of hydrogen-bond donors (Lipinski definition) is 3. The molecule has 1 aromatic heterocycles. The number of benzene rings is 1. The van der Waals surface area contributed by atoms with Gasteiger partial charge in [0.2, 0.25) is 0 Å². The molecule has 2 rings (SSSR count). The van der Waals surface area contributed by atoms with Crippen molar-refractivity contribution in [2.24, 2.45) is 0 Å². The minimum Gasteiger partial charge on any atom is -0.398 e. The van der Waals surface area contributed by atoms with E-state index < -0.39 is 0 Å². The molecule has 19 heavy (non-hydrogen) atoms. The van der Waals surface area contributed by atoms with Crippen LogP contribution in [0.2, 0.25) is 0 Å². The van der Waals surface area contributed by atoms with Crippen molar-refractivity contribution in [2.45, 2.75) is 20.3 Å². The lowest BCUT2D eigenvalue weighted by molar-refractivity contribution is 1.22. The fraction of sp³-hybridized carbons (Fsp3) is 0.200. The minimum absolute atomic E-state index is 0.486. The van der Waals surface area contributed by atoms with E-state index in [9.17, 15) is 0 Å². The first-order chi connectivity index (χ1) is 9.11. The second kappa shape index (κ2) is 5.52. The van der Waals surface area contributed by atoms with E-state index >= 15 is 0 Å². The van der Waals surface area contributed by atoms with Gasteiger partial charge in [0.1, 0.15) is 5.82 Å². The summed E-state index contributed by atoms with van der Waals surface area (Å²) in [5.41, 5.74) is 9.85. The second-order valence-electron chi connectivity index (χ2n) is 4.45. The zero-order chi connectivity index (χ0) is 13.8. The SMILES string of the molecule is CCC(=N)c1c(N)ccnc1Nc1ccc(C)cc1. The van der Waals surface area contributed by atoms with Crippen LogP contribution in [0.15, 0.2) is 36.5 Å². The van der Waals surface area contributed by atoms with Crippen LogP contribution in [0.1, 0.15) is 24.5 Å². The van der Waals surface area contributed by atoms with Crippen molar-refractivity contribution in [2.75, 3.05) is 11.1 Å². The molecule has 0 saturated heterocycles. The predicted octanol–water partition coefficient (Wildman–Crippen LogP) is 3.49. The van der Waals surface area contributed by atoms with Gasteiger partial charge in [-0.05, 0) is 31.5 Å². The molecule has 1 heterocycles. The number of rotatable bonds is 4. The van der Waals surface area contributed by atoms with Crippen molar-refractivity contribution in [1.29, 1.82) is 5.41 Å². The van der Waals surface area contributed by atoms with E-state index in [1.165, 1.54) is 5.56 Å². The summed E-state index contributed by atoms with van der Waals surface area (Å²) in [5, 5.41) is 11.2. The van der Waals surface area contributed by atoms with Crippen LogP contribution in [0.4, 0.5) is 17.2 Å². The van der Waals surface area contributed by atoms with E-state index in [-0.39, 0.29) is 0 Å². The normalized spacial score (nSPS) is 10.2. The van der Waals surface area contributed by atoms with Crippen LogP contribution in [0.25, 0.3) is 0 Å². The zero-order valence-corrected chi connectivity index (χ0v) is 11.2. The molecule has 0 aliphatic carbocycles. The Labute approximate surface area is 113 Å². The molecule has 0 spiro atoms. The van der Waals surface area contributed by atoms with Crippen LogP contribution >= 0.6 is 0 Å². The number of anilines is 3. The number of aromatic nitrogens is 1. The molecule has 0 unspecified atom stereocenters.